The Balaban J connectivity index is 3.00. The van der Waals surface area contributed by atoms with E-state index in [0.717, 1.165) is 0 Å². The van der Waals surface area contributed by atoms with Gasteiger partial charge in [0, 0.05) is 5.56 Å². The summed E-state index contributed by atoms with van der Waals surface area (Å²) >= 11 is 0. The fourth-order valence-corrected chi connectivity index (χ4v) is 1.54. The van der Waals surface area contributed by atoms with Gasteiger partial charge in [-0.2, -0.15) is 0 Å². The highest BCUT2D eigenvalue weighted by atomic mass is 16.4. The molecular formula is C12H17BN2O4. The van der Waals surface area contributed by atoms with Crippen LogP contribution in [0.1, 0.15) is 31.1 Å². The van der Waals surface area contributed by atoms with Crippen LogP contribution in [0.2, 0.25) is 0 Å². The highest BCUT2D eigenvalue weighted by molar-refractivity contribution is 6.58. The Kier molecular flexibility index (Phi) is 4.69. The first-order valence-corrected chi connectivity index (χ1v) is 5.78. The zero-order valence-electron chi connectivity index (χ0n) is 11.1. The van der Waals surface area contributed by atoms with Crippen molar-refractivity contribution >= 4 is 24.9 Å². The van der Waals surface area contributed by atoms with Gasteiger partial charge in [-0.25, -0.2) is 5.01 Å². The van der Waals surface area contributed by atoms with Crippen molar-refractivity contribution in [3.05, 3.63) is 29.8 Å². The monoisotopic (exact) mass is 264 g/mol. The number of amides is 2. The molecule has 0 heterocycles. The molecule has 0 bridgehead atoms. The molecule has 1 rings (SSSR count). The van der Waals surface area contributed by atoms with Crippen molar-refractivity contribution in [2.24, 2.45) is 0 Å². The van der Waals surface area contributed by atoms with Gasteiger partial charge < -0.3 is 10.0 Å². The van der Waals surface area contributed by atoms with E-state index in [-0.39, 0.29) is 5.91 Å². The van der Waals surface area contributed by atoms with Gasteiger partial charge in [-0.3, -0.25) is 15.0 Å². The summed E-state index contributed by atoms with van der Waals surface area (Å²) in [5.41, 5.74) is 2.42. The van der Waals surface area contributed by atoms with Crippen LogP contribution < -0.4 is 10.9 Å². The zero-order valence-corrected chi connectivity index (χ0v) is 11.1. The van der Waals surface area contributed by atoms with E-state index in [1.165, 1.54) is 29.3 Å². The molecule has 19 heavy (non-hydrogen) atoms. The molecule has 6 nitrogen and oxygen atoms in total. The van der Waals surface area contributed by atoms with E-state index in [1.54, 1.807) is 20.8 Å². The SMILES string of the molecule is CC(C)(C)N(NC=O)C(=O)c1ccc(B(O)O)cc1. The van der Waals surface area contributed by atoms with E-state index in [9.17, 15) is 9.59 Å². The zero-order chi connectivity index (χ0) is 14.6. The van der Waals surface area contributed by atoms with Crippen molar-refractivity contribution < 1.29 is 19.6 Å². The second-order valence-corrected chi connectivity index (χ2v) is 5.05. The lowest BCUT2D eigenvalue weighted by Crippen LogP contribution is -2.53. The molecular weight excluding hydrogens is 247 g/mol. The quantitative estimate of drug-likeness (QED) is 0.380. The highest BCUT2D eigenvalue weighted by Gasteiger charge is 2.27. The van der Waals surface area contributed by atoms with Crippen molar-refractivity contribution in [2.45, 2.75) is 26.3 Å². The number of hydrogen-bond donors (Lipinski definition) is 3. The van der Waals surface area contributed by atoms with Crippen LogP contribution in [0, 0.1) is 0 Å². The summed E-state index contributed by atoms with van der Waals surface area (Å²) in [6.07, 6.45) is 0.439. The Morgan fingerprint density at radius 3 is 2.16 bits per heavy atom. The maximum Gasteiger partial charge on any atom is 0.488 e. The summed E-state index contributed by atoms with van der Waals surface area (Å²) in [6.45, 7) is 5.35. The van der Waals surface area contributed by atoms with Crippen LogP contribution in [0.25, 0.3) is 0 Å². The van der Waals surface area contributed by atoms with Crippen molar-refractivity contribution in [1.29, 1.82) is 0 Å². The summed E-state index contributed by atoms with van der Waals surface area (Å²) < 4.78 is 0. The lowest BCUT2D eigenvalue weighted by atomic mass is 9.80. The fraction of sp³-hybridized carbons (Fsp3) is 0.333. The number of carbonyl (C=O) groups excluding carboxylic acids is 2. The Morgan fingerprint density at radius 1 is 1.26 bits per heavy atom. The summed E-state index contributed by atoms with van der Waals surface area (Å²) in [7, 11) is -1.57. The molecule has 1 aromatic carbocycles. The van der Waals surface area contributed by atoms with Crippen LogP contribution in [-0.2, 0) is 4.79 Å². The maximum absolute atomic E-state index is 12.2. The fourth-order valence-electron chi connectivity index (χ4n) is 1.54. The van der Waals surface area contributed by atoms with E-state index >= 15 is 0 Å². The number of carbonyl (C=O) groups is 2. The maximum atomic E-state index is 12.2. The predicted octanol–water partition coefficient (Wildman–Crippen LogP) is -0.732. The summed E-state index contributed by atoms with van der Waals surface area (Å²) in [5, 5.41) is 19.2. The first-order valence-electron chi connectivity index (χ1n) is 5.78. The Hall–Kier alpha value is -1.86. The Labute approximate surface area is 112 Å². The number of nitrogens with zero attached hydrogens (tertiary/aromatic N) is 1. The van der Waals surface area contributed by atoms with Crippen LogP contribution in [0.4, 0.5) is 0 Å². The van der Waals surface area contributed by atoms with Gasteiger partial charge in [-0.15, -0.1) is 0 Å². The molecule has 0 saturated heterocycles. The van der Waals surface area contributed by atoms with E-state index in [2.05, 4.69) is 5.43 Å². The average Bonchev–Trinajstić information content (AvgIpc) is 2.34. The normalized spacial score (nSPS) is 10.8. The van der Waals surface area contributed by atoms with E-state index in [0.29, 0.717) is 17.4 Å². The average molecular weight is 264 g/mol. The first-order chi connectivity index (χ1) is 8.77. The molecule has 0 atom stereocenters. The highest BCUT2D eigenvalue weighted by Crippen LogP contribution is 2.14. The second kappa shape index (κ2) is 5.86. The van der Waals surface area contributed by atoms with Gasteiger partial charge >= 0.3 is 7.12 Å². The van der Waals surface area contributed by atoms with Crippen LogP contribution in [0.15, 0.2) is 24.3 Å². The lowest BCUT2D eigenvalue weighted by Gasteiger charge is -2.34. The molecule has 0 unspecified atom stereocenters. The molecule has 0 saturated carbocycles. The molecule has 7 heteroatoms. The van der Waals surface area contributed by atoms with Gasteiger partial charge in [-0.1, -0.05) is 12.1 Å². The molecule has 0 aliphatic carbocycles. The molecule has 0 fully saturated rings. The number of nitrogens with one attached hydrogen (secondary N) is 1. The van der Waals surface area contributed by atoms with Crippen molar-refractivity contribution in [1.82, 2.24) is 10.4 Å². The molecule has 0 radical (unpaired) electrons. The smallest absolute Gasteiger partial charge is 0.423 e. The topological polar surface area (TPSA) is 89.9 Å². The summed E-state index contributed by atoms with van der Waals surface area (Å²) in [5.74, 6) is -0.376. The van der Waals surface area contributed by atoms with Crippen molar-refractivity contribution in [2.75, 3.05) is 0 Å². The van der Waals surface area contributed by atoms with Gasteiger partial charge in [-0.05, 0) is 38.4 Å². The molecule has 2 amide bonds. The van der Waals surface area contributed by atoms with E-state index in [1.807, 2.05) is 0 Å². The minimum atomic E-state index is -1.57. The molecule has 0 aliphatic heterocycles. The van der Waals surface area contributed by atoms with Gasteiger partial charge in [0.2, 0.25) is 6.41 Å². The number of hydrogen-bond acceptors (Lipinski definition) is 4. The number of hydrazine groups is 1. The molecule has 102 valence electrons. The molecule has 1 aromatic rings. The van der Waals surface area contributed by atoms with Gasteiger partial charge in [0.1, 0.15) is 0 Å². The number of benzene rings is 1. The molecule has 3 N–H and O–H groups in total. The van der Waals surface area contributed by atoms with Crippen molar-refractivity contribution in [3.63, 3.8) is 0 Å². The molecule has 0 spiro atoms. The summed E-state index contributed by atoms with van der Waals surface area (Å²) in [4.78, 5) is 22.8. The van der Waals surface area contributed by atoms with E-state index < -0.39 is 12.7 Å². The van der Waals surface area contributed by atoms with Gasteiger partial charge in [0.05, 0.1) is 5.54 Å². The molecule has 0 aliphatic rings. The molecule has 0 aromatic heterocycles. The standard InChI is InChI=1S/C12H17BN2O4/c1-12(2,3)15(14-8-16)11(17)9-4-6-10(7-5-9)13(18)19/h4-8,18-19H,1-3H3,(H,14,16). The van der Waals surface area contributed by atoms with Crippen LogP contribution in [0.5, 0.6) is 0 Å². The van der Waals surface area contributed by atoms with Crippen LogP contribution in [-0.4, -0.2) is 40.0 Å². The van der Waals surface area contributed by atoms with Crippen molar-refractivity contribution in [3.8, 4) is 0 Å². The number of rotatable bonds is 4. The van der Waals surface area contributed by atoms with Crippen LogP contribution >= 0.6 is 0 Å². The third-order valence-corrected chi connectivity index (χ3v) is 2.51. The first kappa shape index (κ1) is 15.2. The minimum absolute atomic E-state index is 0.294. The summed E-state index contributed by atoms with van der Waals surface area (Å²) in [6, 6.07) is 5.84. The largest absolute Gasteiger partial charge is 0.488 e. The Bertz CT molecular complexity index is 454. The lowest BCUT2D eigenvalue weighted by molar-refractivity contribution is -0.114. The minimum Gasteiger partial charge on any atom is -0.423 e. The van der Waals surface area contributed by atoms with Crippen LogP contribution in [0.3, 0.4) is 0 Å². The third-order valence-electron chi connectivity index (χ3n) is 2.51. The Morgan fingerprint density at radius 2 is 1.79 bits per heavy atom. The predicted molar refractivity (Wildman–Crippen MR) is 71.4 cm³/mol. The third kappa shape index (κ3) is 3.80. The second-order valence-electron chi connectivity index (χ2n) is 5.05. The van der Waals surface area contributed by atoms with E-state index in [4.69, 9.17) is 10.0 Å². The van der Waals surface area contributed by atoms with Gasteiger partial charge in [0.25, 0.3) is 5.91 Å². The van der Waals surface area contributed by atoms with Gasteiger partial charge in [0.15, 0.2) is 0 Å².